The molecule has 0 unspecified atom stereocenters. The maximum Gasteiger partial charge on any atom is 0.338 e. The lowest BCUT2D eigenvalue weighted by molar-refractivity contribution is 0.0508. The second-order valence-corrected chi connectivity index (χ2v) is 7.79. The number of allylic oxidation sites excluding steroid dienone is 1. The Morgan fingerprint density at radius 1 is 0.833 bits per heavy atom. The van der Waals surface area contributed by atoms with E-state index in [0.717, 1.165) is 19.3 Å². The van der Waals surface area contributed by atoms with E-state index in [2.05, 4.69) is 19.2 Å². The number of rotatable bonds is 17. The number of amides is 1. The molecular formula is C26H41NO3. The van der Waals surface area contributed by atoms with E-state index >= 15 is 0 Å². The zero-order valence-corrected chi connectivity index (χ0v) is 19.1. The summed E-state index contributed by atoms with van der Waals surface area (Å²) in [5.74, 6) is -0.645. The van der Waals surface area contributed by atoms with Crippen LogP contribution in [-0.2, 0) is 4.74 Å². The van der Waals surface area contributed by atoms with Gasteiger partial charge < -0.3 is 10.1 Å². The van der Waals surface area contributed by atoms with Gasteiger partial charge in [0.15, 0.2) is 0 Å². The molecule has 0 saturated heterocycles. The van der Waals surface area contributed by atoms with E-state index in [9.17, 15) is 9.59 Å². The lowest BCUT2D eigenvalue weighted by Crippen LogP contribution is -2.26. The maximum atomic E-state index is 12.5. The lowest BCUT2D eigenvalue weighted by Gasteiger charge is -2.10. The van der Waals surface area contributed by atoms with Crippen LogP contribution in [-0.4, -0.2) is 25.0 Å². The number of esters is 1. The summed E-state index contributed by atoms with van der Waals surface area (Å²) in [5.41, 5.74) is 0.719. The molecule has 0 aliphatic heterocycles. The van der Waals surface area contributed by atoms with Crippen molar-refractivity contribution in [1.82, 2.24) is 5.32 Å². The molecule has 4 nitrogen and oxygen atoms in total. The van der Waals surface area contributed by atoms with Crippen molar-refractivity contribution < 1.29 is 14.3 Å². The van der Waals surface area contributed by atoms with Crippen LogP contribution < -0.4 is 5.32 Å². The lowest BCUT2D eigenvalue weighted by atomic mass is 10.1. The number of benzene rings is 1. The van der Waals surface area contributed by atoms with E-state index in [4.69, 9.17) is 4.74 Å². The van der Waals surface area contributed by atoms with Crippen molar-refractivity contribution in [2.24, 2.45) is 0 Å². The summed E-state index contributed by atoms with van der Waals surface area (Å²) in [4.78, 5) is 24.9. The summed E-state index contributed by atoms with van der Waals surface area (Å²) in [6, 6.07) is 6.86. The molecule has 1 aromatic carbocycles. The fourth-order valence-corrected chi connectivity index (χ4v) is 3.35. The van der Waals surface area contributed by atoms with Crippen LogP contribution in [0.5, 0.6) is 0 Å². The Morgan fingerprint density at radius 2 is 1.43 bits per heavy atom. The number of ether oxygens (including phenoxy) is 1. The molecule has 0 heterocycles. The van der Waals surface area contributed by atoms with Crippen LogP contribution in [0.15, 0.2) is 36.4 Å². The Hall–Kier alpha value is -2.10. The van der Waals surface area contributed by atoms with Gasteiger partial charge in [-0.1, -0.05) is 95.9 Å². The first-order valence-electron chi connectivity index (χ1n) is 11.9. The highest BCUT2D eigenvalue weighted by Crippen LogP contribution is 2.12. The molecular weight excluding hydrogens is 374 g/mol. The van der Waals surface area contributed by atoms with Crippen molar-refractivity contribution in [2.45, 2.75) is 90.9 Å². The van der Waals surface area contributed by atoms with E-state index in [1.807, 2.05) is 12.2 Å². The molecule has 1 N–H and O–H groups in total. The molecule has 0 bridgehead atoms. The van der Waals surface area contributed by atoms with Gasteiger partial charge in [0.25, 0.3) is 5.91 Å². The van der Waals surface area contributed by atoms with Gasteiger partial charge in [-0.2, -0.15) is 0 Å². The van der Waals surface area contributed by atoms with Crippen LogP contribution in [0.1, 0.15) is 112 Å². The van der Waals surface area contributed by atoms with Gasteiger partial charge in [0.1, 0.15) is 0 Å². The van der Waals surface area contributed by atoms with Gasteiger partial charge in [-0.3, -0.25) is 4.79 Å². The molecule has 0 aliphatic carbocycles. The summed E-state index contributed by atoms with van der Waals surface area (Å²) >= 11 is 0. The van der Waals surface area contributed by atoms with Crippen molar-refractivity contribution in [3.8, 4) is 0 Å². The first-order chi connectivity index (χ1) is 14.7. The molecule has 1 aromatic rings. The van der Waals surface area contributed by atoms with Gasteiger partial charge in [-0.05, 0) is 31.4 Å². The van der Waals surface area contributed by atoms with Crippen molar-refractivity contribution in [3.05, 3.63) is 47.5 Å². The zero-order valence-electron chi connectivity index (χ0n) is 19.1. The van der Waals surface area contributed by atoms with Gasteiger partial charge >= 0.3 is 5.97 Å². The van der Waals surface area contributed by atoms with Gasteiger partial charge in [-0.15, -0.1) is 0 Å². The largest absolute Gasteiger partial charge is 0.462 e. The number of carbonyl (C=O) groups excluding carboxylic acids is 2. The number of carbonyl (C=O) groups is 2. The minimum Gasteiger partial charge on any atom is -0.462 e. The van der Waals surface area contributed by atoms with Crippen molar-refractivity contribution in [1.29, 1.82) is 0 Å². The highest BCUT2D eigenvalue weighted by Gasteiger charge is 2.17. The van der Waals surface area contributed by atoms with Crippen LogP contribution in [0.2, 0.25) is 0 Å². The number of hydrogen-bond acceptors (Lipinski definition) is 3. The Balaban J connectivity index is 2.25. The van der Waals surface area contributed by atoms with Crippen LogP contribution in [0.4, 0.5) is 0 Å². The predicted molar refractivity (Wildman–Crippen MR) is 125 cm³/mol. The maximum absolute atomic E-state index is 12.5. The second-order valence-electron chi connectivity index (χ2n) is 7.79. The topological polar surface area (TPSA) is 55.4 Å². The monoisotopic (exact) mass is 415 g/mol. The first-order valence-corrected chi connectivity index (χ1v) is 11.9. The van der Waals surface area contributed by atoms with E-state index in [-0.39, 0.29) is 5.91 Å². The average molecular weight is 416 g/mol. The summed E-state index contributed by atoms with van der Waals surface area (Å²) in [6.45, 7) is 5.27. The molecule has 4 heteroatoms. The third-order valence-electron chi connectivity index (χ3n) is 5.13. The first kappa shape index (κ1) is 25.9. The summed E-state index contributed by atoms with van der Waals surface area (Å²) < 4.78 is 5.31. The minimum atomic E-state index is -0.440. The van der Waals surface area contributed by atoms with E-state index in [1.165, 1.54) is 51.4 Å². The average Bonchev–Trinajstić information content (AvgIpc) is 2.77. The smallest absolute Gasteiger partial charge is 0.338 e. The van der Waals surface area contributed by atoms with Gasteiger partial charge in [-0.25, -0.2) is 4.79 Å². The molecule has 0 spiro atoms. The van der Waals surface area contributed by atoms with E-state index in [0.29, 0.717) is 30.7 Å². The summed E-state index contributed by atoms with van der Waals surface area (Å²) in [5, 5.41) is 2.95. The minimum absolute atomic E-state index is 0.204. The molecule has 0 aromatic heterocycles. The van der Waals surface area contributed by atoms with Crippen molar-refractivity contribution in [2.75, 3.05) is 13.2 Å². The van der Waals surface area contributed by atoms with Crippen LogP contribution >= 0.6 is 0 Å². The Bertz CT molecular complexity index is 624. The molecule has 0 fully saturated rings. The molecule has 168 valence electrons. The molecule has 30 heavy (non-hydrogen) atoms. The van der Waals surface area contributed by atoms with E-state index < -0.39 is 5.97 Å². The third kappa shape index (κ3) is 11.8. The predicted octanol–water partition coefficient (Wildman–Crippen LogP) is 6.85. The Labute approximate surface area is 183 Å². The zero-order chi connectivity index (χ0) is 21.9. The SMILES string of the molecule is CC/C=C\CCOC(=O)c1ccccc1C(=O)NCCCCCCCCCCCC. The normalized spacial score (nSPS) is 11.0. The quantitative estimate of drug-likeness (QED) is 0.172. The molecule has 0 radical (unpaired) electrons. The van der Waals surface area contributed by atoms with Gasteiger partial charge in [0.2, 0.25) is 0 Å². The highest BCUT2D eigenvalue weighted by molar-refractivity contribution is 6.05. The molecule has 0 aliphatic rings. The summed E-state index contributed by atoms with van der Waals surface area (Å²) in [7, 11) is 0. The van der Waals surface area contributed by atoms with Crippen LogP contribution in [0, 0.1) is 0 Å². The van der Waals surface area contributed by atoms with Crippen molar-refractivity contribution in [3.63, 3.8) is 0 Å². The Morgan fingerprint density at radius 3 is 2.07 bits per heavy atom. The standard InChI is InChI=1S/C26H41NO3/c1-3-5-7-9-10-11-12-13-14-17-21-27-25(28)23-19-15-16-20-24(23)26(29)30-22-18-8-6-4-2/h6,8,15-16,19-20H,3-5,7,9-14,17-18,21-22H2,1-2H3,(H,27,28)/b8-6-. The number of unbranched alkanes of at least 4 members (excludes halogenated alkanes) is 9. The fraction of sp³-hybridized carbons (Fsp3) is 0.615. The molecule has 1 amide bonds. The van der Waals surface area contributed by atoms with Crippen molar-refractivity contribution >= 4 is 11.9 Å². The second kappa shape index (κ2) is 17.7. The molecule has 0 saturated carbocycles. The van der Waals surface area contributed by atoms with Gasteiger partial charge in [0, 0.05) is 6.54 Å². The third-order valence-corrected chi connectivity index (χ3v) is 5.13. The summed E-state index contributed by atoms with van der Waals surface area (Å²) in [6.07, 6.45) is 18.4. The highest BCUT2D eigenvalue weighted by atomic mass is 16.5. The number of nitrogens with one attached hydrogen (secondary N) is 1. The van der Waals surface area contributed by atoms with E-state index in [1.54, 1.807) is 24.3 Å². The van der Waals surface area contributed by atoms with Crippen LogP contribution in [0.3, 0.4) is 0 Å². The fourth-order valence-electron chi connectivity index (χ4n) is 3.35. The van der Waals surface area contributed by atoms with Crippen LogP contribution in [0.25, 0.3) is 0 Å². The number of hydrogen-bond donors (Lipinski definition) is 1. The molecule has 0 atom stereocenters. The molecule has 1 rings (SSSR count). The van der Waals surface area contributed by atoms with Gasteiger partial charge in [0.05, 0.1) is 17.7 Å². The Kier molecular flexibility index (Phi) is 15.3.